The number of ether oxygens (including phenoxy) is 1. The molecule has 0 radical (unpaired) electrons. The molecular weight excluding hydrogens is 252 g/mol. The van der Waals surface area contributed by atoms with Gasteiger partial charge in [-0.1, -0.05) is 6.92 Å². The van der Waals surface area contributed by atoms with Crippen LogP contribution in [0.3, 0.4) is 0 Å². The van der Waals surface area contributed by atoms with Crippen LogP contribution < -0.4 is 5.32 Å². The van der Waals surface area contributed by atoms with Gasteiger partial charge in [-0.3, -0.25) is 4.79 Å². The number of hydrogen-bond donors (Lipinski definition) is 1. The van der Waals surface area contributed by atoms with E-state index in [1.165, 1.54) is 0 Å². The lowest BCUT2D eigenvalue weighted by Gasteiger charge is -2.29. The maximum atomic E-state index is 12.3. The van der Waals surface area contributed by atoms with Crippen molar-refractivity contribution >= 4 is 18.3 Å². The molecule has 0 spiro atoms. The summed E-state index contributed by atoms with van der Waals surface area (Å²) in [5.41, 5.74) is 0. The molecule has 2 aliphatic heterocycles. The van der Waals surface area contributed by atoms with Crippen LogP contribution in [0.25, 0.3) is 0 Å². The summed E-state index contributed by atoms with van der Waals surface area (Å²) in [6.45, 7) is 5.85. The van der Waals surface area contributed by atoms with Gasteiger partial charge in [0.1, 0.15) is 0 Å². The molecule has 2 rings (SSSR count). The number of hydrogen-bond acceptors (Lipinski definition) is 3. The van der Waals surface area contributed by atoms with Crippen molar-refractivity contribution in [1.29, 1.82) is 0 Å². The summed E-state index contributed by atoms with van der Waals surface area (Å²) < 4.78 is 5.55. The molecule has 0 aromatic carbocycles. The van der Waals surface area contributed by atoms with E-state index in [0.717, 1.165) is 51.9 Å². The Morgan fingerprint density at radius 2 is 2.28 bits per heavy atom. The van der Waals surface area contributed by atoms with Gasteiger partial charge < -0.3 is 15.0 Å². The fourth-order valence-electron chi connectivity index (χ4n) is 2.77. The molecule has 2 atom stereocenters. The number of amides is 1. The third kappa shape index (κ3) is 4.11. The van der Waals surface area contributed by atoms with E-state index < -0.39 is 0 Å². The Morgan fingerprint density at radius 1 is 1.44 bits per heavy atom. The van der Waals surface area contributed by atoms with Gasteiger partial charge in [-0.05, 0) is 32.2 Å². The summed E-state index contributed by atoms with van der Waals surface area (Å²) in [5, 5.41) is 3.33. The van der Waals surface area contributed by atoms with Gasteiger partial charge in [-0.2, -0.15) is 0 Å². The number of nitrogens with zero attached hydrogens (tertiary/aromatic N) is 1. The van der Waals surface area contributed by atoms with Gasteiger partial charge in [0.2, 0.25) is 5.91 Å². The first-order chi connectivity index (χ1) is 8.31. The molecule has 2 aliphatic rings. The number of halogens is 1. The minimum atomic E-state index is 0. The van der Waals surface area contributed by atoms with Gasteiger partial charge in [0, 0.05) is 25.7 Å². The lowest BCUT2D eigenvalue weighted by atomic mass is 10.1. The van der Waals surface area contributed by atoms with Crippen molar-refractivity contribution in [3.05, 3.63) is 0 Å². The summed E-state index contributed by atoms with van der Waals surface area (Å²) in [7, 11) is 0. The first-order valence-corrected chi connectivity index (χ1v) is 6.93. The molecule has 0 bridgehead atoms. The molecular formula is C13H25ClN2O2. The van der Waals surface area contributed by atoms with Crippen molar-refractivity contribution in [1.82, 2.24) is 10.2 Å². The second kappa shape index (κ2) is 7.97. The zero-order valence-electron chi connectivity index (χ0n) is 11.2. The van der Waals surface area contributed by atoms with Crippen LogP contribution in [-0.4, -0.2) is 49.2 Å². The van der Waals surface area contributed by atoms with Gasteiger partial charge in [0.05, 0.1) is 12.5 Å². The summed E-state index contributed by atoms with van der Waals surface area (Å²) in [5.74, 6) is 0.285. The van der Waals surface area contributed by atoms with Crippen LogP contribution in [0.4, 0.5) is 0 Å². The highest BCUT2D eigenvalue weighted by atomic mass is 35.5. The van der Waals surface area contributed by atoms with Crippen molar-refractivity contribution < 1.29 is 9.53 Å². The largest absolute Gasteiger partial charge is 0.378 e. The Morgan fingerprint density at radius 3 is 2.83 bits per heavy atom. The van der Waals surface area contributed by atoms with Crippen LogP contribution >= 0.6 is 12.4 Å². The van der Waals surface area contributed by atoms with E-state index in [1.54, 1.807) is 0 Å². The highest BCUT2D eigenvalue weighted by molar-refractivity contribution is 5.85. The van der Waals surface area contributed by atoms with Crippen molar-refractivity contribution in [3.63, 3.8) is 0 Å². The van der Waals surface area contributed by atoms with E-state index in [4.69, 9.17) is 4.74 Å². The molecule has 2 heterocycles. The van der Waals surface area contributed by atoms with Crippen LogP contribution in [0.5, 0.6) is 0 Å². The second-order valence-electron chi connectivity index (χ2n) is 5.07. The number of rotatable bonds is 5. The van der Waals surface area contributed by atoms with E-state index in [0.29, 0.717) is 12.5 Å². The standard InChI is InChI=1S/C13H24N2O2.ClH/c1-2-7-15(11-5-6-14-10-11)13(16)9-12-4-3-8-17-12;/h11-12,14H,2-10H2,1H3;1H. The molecule has 2 fully saturated rings. The molecule has 5 heteroatoms. The topological polar surface area (TPSA) is 41.6 Å². The monoisotopic (exact) mass is 276 g/mol. The molecule has 0 saturated carbocycles. The van der Waals surface area contributed by atoms with E-state index in [1.807, 2.05) is 0 Å². The Balaban J connectivity index is 0.00000162. The van der Waals surface area contributed by atoms with Crippen LogP contribution in [0.1, 0.15) is 39.0 Å². The summed E-state index contributed by atoms with van der Waals surface area (Å²) in [4.78, 5) is 14.4. The lowest BCUT2D eigenvalue weighted by Crippen LogP contribution is -2.43. The highest BCUT2D eigenvalue weighted by Crippen LogP contribution is 2.18. The number of carbonyl (C=O) groups is 1. The van der Waals surface area contributed by atoms with E-state index >= 15 is 0 Å². The van der Waals surface area contributed by atoms with Gasteiger partial charge in [-0.25, -0.2) is 0 Å². The molecule has 2 unspecified atom stereocenters. The molecule has 1 amide bonds. The lowest BCUT2D eigenvalue weighted by molar-refractivity contribution is -0.135. The molecule has 0 aliphatic carbocycles. The van der Waals surface area contributed by atoms with E-state index in [2.05, 4.69) is 17.1 Å². The quantitative estimate of drug-likeness (QED) is 0.829. The normalized spacial score (nSPS) is 26.9. The third-order valence-electron chi connectivity index (χ3n) is 3.69. The fourth-order valence-corrected chi connectivity index (χ4v) is 2.77. The molecule has 106 valence electrons. The van der Waals surface area contributed by atoms with Crippen molar-refractivity contribution in [2.45, 2.75) is 51.2 Å². The van der Waals surface area contributed by atoms with Crippen LogP contribution in [0.15, 0.2) is 0 Å². The van der Waals surface area contributed by atoms with E-state index in [9.17, 15) is 4.79 Å². The summed E-state index contributed by atoms with van der Waals surface area (Å²) >= 11 is 0. The van der Waals surface area contributed by atoms with Gasteiger partial charge in [0.25, 0.3) is 0 Å². The molecule has 2 saturated heterocycles. The second-order valence-corrected chi connectivity index (χ2v) is 5.07. The van der Waals surface area contributed by atoms with Crippen molar-refractivity contribution in [3.8, 4) is 0 Å². The highest BCUT2D eigenvalue weighted by Gasteiger charge is 2.28. The fraction of sp³-hybridized carbons (Fsp3) is 0.923. The maximum Gasteiger partial charge on any atom is 0.225 e. The Labute approximate surface area is 116 Å². The molecule has 0 aromatic rings. The zero-order chi connectivity index (χ0) is 12.1. The predicted molar refractivity (Wildman–Crippen MR) is 74.1 cm³/mol. The predicted octanol–water partition coefficient (Wildman–Crippen LogP) is 1.58. The summed E-state index contributed by atoms with van der Waals surface area (Å²) in [6, 6.07) is 0.406. The Bertz CT molecular complexity index is 251. The molecule has 4 nitrogen and oxygen atoms in total. The number of nitrogens with one attached hydrogen (secondary N) is 1. The average Bonchev–Trinajstić information content (AvgIpc) is 2.97. The SMILES string of the molecule is CCCN(C(=O)CC1CCCO1)C1CCNC1.Cl. The van der Waals surface area contributed by atoms with Crippen molar-refractivity contribution in [2.24, 2.45) is 0 Å². The molecule has 0 aromatic heterocycles. The first-order valence-electron chi connectivity index (χ1n) is 6.93. The van der Waals surface area contributed by atoms with Crippen molar-refractivity contribution in [2.75, 3.05) is 26.2 Å². The minimum absolute atomic E-state index is 0. The van der Waals surface area contributed by atoms with Gasteiger partial charge >= 0.3 is 0 Å². The molecule has 18 heavy (non-hydrogen) atoms. The maximum absolute atomic E-state index is 12.3. The van der Waals surface area contributed by atoms with Gasteiger partial charge in [0.15, 0.2) is 0 Å². The Kier molecular flexibility index (Phi) is 6.97. The smallest absolute Gasteiger partial charge is 0.225 e. The number of carbonyl (C=O) groups excluding carboxylic acids is 1. The first kappa shape index (κ1) is 15.7. The summed E-state index contributed by atoms with van der Waals surface area (Å²) in [6.07, 6.45) is 5.04. The van der Waals surface area contributed by atoms with Crippen LogP contribution in [0.2, 0.25) is 0 Å². The van der Waals surface area contributed by atoms with Crippen LogP contribution in [-0.2, 0) is 9.53 Å². The minimum Gasteiger partial charge on any atom is -0.378 e. The average molecular weight is 277 g/mol. The van der Waals surface area contributed by atoms with Crippen LogP contribution in [0, 0.1) is 0 Å². The van der Waals surface area contributed by atoms with E-state index in [-0.39, 0.29) is 24.4 Å². The zero-order valence-corrected chi connectivity index (χ0v) is 12.0. The third-order valence-corrected chi connectivity index (χ3v) is 3.69. The Hall–Kier alpha value is -0.320. The molecule has 1 N–H and O–H groups in total. The van der Waals surface area contributed by atoms with Gasteiger partial charge in [-0.15, -0.1) is 12.4 Å².